The second-order valence-electron chi connectivity index (χ2n) is 5.77. The fourth-order valence-corrected chi connectivity index (χ4v) is 3.33. The van der Waals surface area contributed by atoms with E-state index in [0.717, 1.165) is 17.8 Å². The summed E-state index contributed by atoms with van der Waals surface area (Å²) in [7, 11) is 0.684. The van der Waals surface area contributed by atoms with Gasteiger partial charge in [0.15, 0.2) is 0 Å². The molecule has 2 rings (SSSR count). The molecule has 2 aromatic rings. The Kier molecular flexibility index (Phi) is 6.03. The number of rotatable bonds is 8. The predicted molar refractivity (Wildman–Crippen MR) is 101 cm³/mol. The van der Waals surface area contributed by atoms with Crippen LogP contribution in [0.1, 0.15) is 19.8 Å². The van der Waals surface area contributed by atoms with E-state index >= 15 is 0 Å². The van der Waals surface area contributed by atoms with Crippen LogP contribution in [0, 0.1) is 0 Å². The monoisotopic (exact) mass is 348 g/mol. The number of pyridine rings is 1. The highest BCUT2D eigenvalue weighted by Gasteiger charge is 2.09. The summed E-state index contributed by atoms with van der Waals surface area (Å²) in [5, 5.41) is 3.19. The molecule has 0 fully saturated rings. The van der Waals surface area contributed by atoms with Gasteiger partial charge in [-0.3, -0.25) is 4.72 Å². The second kappa shape index (κ2) is 8.01. The Bertz CT molecular complexity index is 741. The summed E-state index contributed by atoms with van der Waals surface area (Å²) >= 11 is 0. The first-order valence-corrected chi connectivity index (χ1v) is 9.56. The van der Waals surface area contributed by atoms with Gasteiger partial charge in [0, 0.05) is 25.5 Å². The topological polar surface area (TPSA) is 74.3 Å². The van der Waals surface area contributed by atoms with E-state index < -0.39 is 10.0 Å². The normalized spacial score (nSPS) is 11.1. The molecular weight excluding hydrogens is 324 g/mol. The van der Waals surface area contributed by atoms with Crippen LogP contribution in [0.25, 0.3) is 0 Å². The quantitative estimate of drug-likeness (QED) is 0.764. The molecule has 130 valence electrons. The Morgan fingerprint density at radius 1 is 1.04 bits per heavy atom. The van der Waals surface area contributed by atoms with Crippen LogP contribution >= 0.6 is 0 Å². The summed E-state index contributed by atoms with van der Waals surface area (Å²) in [6, 6.07) is 11.4. The van der Waals surface area contributed by atoms with E-state index in [2.05, 4.69) is 15.0 Å². The molecule has 0 radical (unpaired) electrons. The minimum absolute atomic E-state index is 0.127. The third kappa shape index (κ3) is 5.42. The number of sulfonamides is 1. The first kappa shape index (κ1) is 18.1. The van der Waals surface area contributed by atoms with Gasteiger partial charge in [0.05, 0.1) is 17.6 Å². The molecule has 24 heavy (non-hydrogen) atoms. The maximum atomic E-state index is 11.9. The van der Waals surface area contributed by atoms with Crippen LogP contribution in [-0.2, 0) is 10.0 Å². The largest absolute Gasteiger partial charge is 0.378 e. The number of unbranched alkanes of at least 4 members (excludes halogenated alkanes) is 1. The molecule has 6 nitrogen and oxygen atoms in total. The zero-order chi connectivity index (χ0) is 17.6. The van der Waals surface area contributed by atoms with Gasteiger partial charge in [0.1, 0.15) is 5.82 Å². The van der Waals surface area contributed by atoms with Crippen LogP contribution in [0.2, 0.25) is 0 Å². The fourth-order valence-electron chi connectivity index (χ4n) is 2.08. The first-order chi connectivity index (χ1) is 11.4. The number of aromatic nitrogens is 1. The molecule has 0 saturated heterocycles. The van der Waals surface area contributed by atoms with Crippen molar-refractivity contribution in [2.75, 3.05) is 34.8 Å². The molecule has 0 bridgehead atoms. The minimum Gasteiger partial charge on any atom is -0.378 e. The Morgan fingerprint density at radius 3 is 2.25 bits per heavy atom. The van der Waals surface area contributed by atoms with Gasteiger partial charge in [0.25, 0.3) is 0 Å². The highest BCUT2D eigenvalue weighted by molar-refractivity contribution is 7.92. The summed E-state index contributed by atoms with van der Waals surface area (Å²) < 4.78 is 26.3. The average molecular weight is 348 g/mol. The van der Waals surface area contributed by atoms with Crippen LogP contribution in [-0.4, -0.2) is 33.2 Å². The molecule has 2 N–H and O–H groups in total. The van der Waals surface area contributed by atoms with E-state index in [-0.39, 0.29) is 5.75 Å². The maximum Gasteiger partial charge on any atom is 0.232 e. The molecular formula is C17H24N4O2S. The zero-order valence-electron chi connectivity index (χ0n) is 14.3. The van der Waals surface area contributed by atoms with E-state index in [9.17, 15) is 8.42 Å². The molecule has 0 saturated carbocycles. The minimum atomic E-state index is -3.30. The van der Waals surface area contributed by atoms with Gasteiger partial charge < -0.3 is 10.2 Å². The van der Waals surface area contributed by atoms with Gasteiger partial charge in [-0.2, -0.15) is 0 Å². The first-order valence-electron chi connectivity index (χ1n) is 7.90. The molecule has 1 heterocycles. The van der Waals surface area contributed by atoms with Gasteiger partial charge in [-0.25, -0.2) is 13.4 Å². The summed E-state index contributed by atoms with van der Waals surface area (Å²) in [4.78, 5) is 6.28. The molecule has 7 heteroatoms. The third-order valence-corrected chi connectivity index (χ3v) is 4.83. The molecule has 1 aromatic heterocycles. The number of anilines is 4. The smallest absolute Gasteiger partial charge is 0.232 e. The SMILES string of the molecule is CCCCS(=O)(=O)Nc1ccc(Nc2ccc(N(C)C)cc2)nc1. The molecule has 0 aliphatic carbocycles. The third-order valence-electron chi connectivity index (χ3n) is 3.46. The molecule has 0 atom stereocenters. The highest BCUT2D eigenvalue weighted by atomic mass is 32.2. The van der Waals surface area contributed by atoms with E-state index in [1.165, 1.54) is 6.20 Å². The van der Waals surface area contributed by atoms with Crippen molar-refractivity contribution in [3.63, 3.8) is 0 Å². The van der Waals surface area contributed by atoms with Crippen molar-refractivity contribution in [3.05, 3.63) is 42.6 Å². The fraction of sp³-hybridized carbons (Fsp3) is 0.353. The lowest BCUT2D eigenvalue weighted by atomic mass is 10.2. The van der Waals surface area contributed by atoms with E-state index in [1.807, 2.05) is 50.2 Å². The number of hydrogen-bond acceptors (Lipinski definition) is 5. The lowest BCUT2D eigenvalue weighted by Gasteiger charge is -2.13. The zero-order valence-corrected chi connectivity index (χ0v) is 15.1. The predicted octanol–water partition coefficient (Wildman–Crippen LogP) is 3.43. The molecule has 1 aromatic carbocycles. The highest BCUT2D eigenvalue weighted by Crippen LogP contribution is 2.20. The summed E-state index contributed by atoms with van der Waals surface area (Å²) in [5.41, 5.74) is 2.51. The van der Waals surface area contributed by atoms with Crippen LogP contribution in [0.5, 0.6) is 0 Å². The molecule has 0 aliphatic heterocycles. The van der Waals surface area contributed by atoms with Crippen molar-refractivity contribution in [3.8, 4) is 0 Å². The molecule has 0 amide bonds. The number of nitrogens with zero attached hydrogens (tertiary/aromatic N) is 2. The van der Waals surface area contributed by atoms with Crippen molar-refractivity contribution >= 4 is 32.9 Å². The Hall–Kier alpha value is -2.28. The lowest BCUT2D eigenvalue weighted by Crippen LogP contribution is -2.16. The van der Waals surface area contributed by atoms with Crippen molar-refractivity contribution < 1.29 is 8.42 Å². The van der Waals surface area contributed by atoms with E-state index in [4.69, 9.17) is 0 Å². The van der Waals surface area contributed by atoms with Gasteiger partial charge in [-0.15, -0.1) is 0 Å². The van der Waals surface area contributed by atoms with Crippen LogP contribution in [0.4, 0.5) is 22.9 Å². The van der Waals surface area contributed by atoms with Gasteiger partial charge in [0.2, 0.25) is 10.0 Å². The summed E-state index contributed by atoms with van der Waals surface area (Å²) in [6.07, 6.45) is 3.00. The van der Waals surface area contributed by atoms with Crippen molar-refractivity contribution in [1.82, 2.24) is 4.98 Å². The second-order valence-corrected chi connectivity index (χ2v) is 7.61. The maximum absolute atomic E-state index is 11.9. The van der Waals surface area contributed by atoms with Crippen LogP contribution < -0.4 is 14.9 Å². The van der Waals surface area contributed by atoms with Crippen molar-refractivity contribution in [2.24, 2.45) is 0 Å². The van der Waals surface area contributed by atoms with Crippen LogP contribution in [0.15, 0.2) is 42.6 Å². The summed E-state index contributed by atoms with van der Waals surface area (Å²) in [5.74, 6) is 0.783. The number of hydrogen-bond donors (Lipinski definition) is 2. The lowest BCUT2D eigenvalue weighted by molar-refractivity contribution is 0.598. The molecule has 0 unspecified atom stereocenters. The Labute approximate surface area is 144 Å². The number of nitrogens with one attached hydrogen (secondary N) is 2. The van der Waals surface area contributed by atoms with Crippen LogP contribution in [0.3, 0.4) is 0 Å². The molecule has 0 spiro atoms. The van der Waals surface area contributed by atoms with Crippen molar-refractivity contribution in [1.29, 1.82) is 0 Å². The Morgan fingerprint density at radius 2 is 1.71 bits per heavy atom. The molecule has 0 aliphatic rings. The standard InChI is InChI=1S/C17H24N4O2S/c1-4-5-12-24(22,23)20-15-8-11-17(18-13-15)19-14-6-9-16(10-7-14)21(2)3/h6-11,13,20H,4-5,12H2,1-3H3,(H,18,19). The van der Waals surface area contributed by atoms with E-state index in [1.54, 1.807) is 12.1 Å². The summed E-state index contributed by atoms with van der Waals surface area (Å²) in [6.45, 7) is 1.96. The number of benzene rings is 1. The van der Waals surface area contributed by atoms with Gasteiger partial charge in [-0.05, 0) is 42.8 Å². The van der Waals surface area contributed by atoms with E-state index in [0.29, 0.717) is 17.9 Å². The van der Waals surface area contributed by atoms with Crippen molar-refractivity contribution in [2.45, 2.75) is 19.8 Å². The van der Waals surface area contributed by atoms with Gasteiger partial charge in [-0.1, -0.05) is 13.3 Å². The average Bonchev–Trinajstić information content (AvgIpc) is 2.55. The Balaban J connectivity index is 1.99. The van der Waals surface area contributed by atoms with Gasteiger partial charge >= 0.3 is 0 Å².